The van der Waals surface area contributed by atoms with Crippen molar-refractivity contribution in [2.75, 3.05) is 13.1 Å². The van der Waals surface area contributed by atoms with Crippen molar-refractivity contribution in [1.29, 1.82) is 0 Å². The monoisotopic (exact) mass is 431 g/mol. The highest BCUT2D eigenvalue weighted by Crippen LogP contribution is 2.30. The van der Waals surface area contributed by atoms with Crippen molar-refractivity contribution in [3.63, 3.8) is 0 Å². The van der Waals surface area contributed by atoms with Gasteiger partial charge in [0, 0.05) is 41.2 Å². The van der Waals surface area contributed by atoms with Crippen LogP contribution >= 0.6 is 34.5 Å². The lowest BCUT2D eigenvalue weighted by Crippen LogP contribution is -2.38. The number of halogens is 2. The van der Waals surface area contributed by atoms with Gasteiger partial charge < -0.3 is 4.90 Å². The van der Waals surface area contributed by atoms with E-state index < -0.39 is 0 Å². The van der Waals surface area contributed by atoms with Crippen molar-refractivity contribution >= 4 is 40.4 Å². The molecule has 0 spiro atoms. The fraction of sp³-hybridized carbons (Fsp3) is 0.286. The zero-order valence-corrected chi connectivity index (χ0v) is 17.7. The Labute approximate surface area is 178 Å². The third-order valence-electron chi connectivity index (χ3n) is 5.00. The van der Waals surface area contributed by atoms with Crippen LogP contribution in [0.25, 0.3) is 11.3 Å². The van der Waals surface area contributed by atoms with Crippen LogP contribution in [0.15, 0.2) is 41.1 Å². The lowest BCUT2D eigenvalue weighted by Gasteiger charge is -2.31. The van der Waals surface area contributed by atoms with Crippen LogP contribution in [-0.4, -0.2) is 33.9 Å². The molecule has 1 saturated heterocycles. The van der Waals surface area contributed by atoms with Gasteiger partial charge in [-0.1, -0.05) is 23.2 Å². The number of likely N-dealkylation sites (tertiary alicyclic amines) is 1. The second-order valence-corrected chi connectivity index (χ2v) is 8.55. The molecule has 4 nitrogen and oxygen atoms in total. The van der Waals surface area contributed by atoms with Crippen LogP contribution in [0.1, 0.15) is 40.6 Å². The molecule has 3 aromatic rings. The fourth-order valence-electron chi connectivity index (χ4n) is 3.48. The summed E-state index contributed by atoms with van der Waals surface area (Å²) >= 11 is 13.7. The quantitative estimate of drug-likeness (QED) is 0.522. The Morgan fingerprint density at radius 3 is 2.57 bits per heavy atom. The summed E-state index contributed by atoms with van der Waals surface area (Å²) in [5.74, 6) is 1.12. The zero-order valence-electron chi connectivity index (χ0n) is 15.4. The van der Waals surface area contributed by atoms with Crippen LogP contribution in [0.3, 0.4) is 0 Å². The largest absolute Gasteiger partial charge is 0.339 e. The molecule has 7 heteroatoms. The topological polar surface area (TPSA) is 46.1 Å². The van der Waals surface area contributed by atoms with Crippen molar-refractivity contribution in [3.8, 4) is 11.3 Å². The van der Waals surface area contributed by atoms with Crippen molar-refractivity contribution in [3.05, 3.63) is 68.2 Å². The number of hydrogen-bond donors (Lipinski definition) is 0. The van der Waals surface area contributed by atoms with Crippen LogP contribution in [0.2, 0.25) is 10.0 Å². The molecule has 4 rings (SSSR count). The number of carbonyl (C=O) groups excluding carboxylic acids is 1. The maximum Gasteiger partial charge on any atom is 0.253 e. The summed E-state index contributed by atoms with van der Waals surface area (Å²) in [7, 11) is 0. The molecule has 0 radical (unpaired) electrons. The molecule has 0 saturated carbocycles. The minimum absolute atomic E-state index is 0.0128. The minimum atomic E-state index is -0.0128. The maximum absolute atomic E-state index is 12.8. The third-order valence-corrected chi connectivity index (χ3v) is 6.42. The number of aromatic nitrogens is 2. The first-order chi connectivity index (χ1) is 13.5. The molecule has 1 fully saturated rings. The van der Waals surface area contributed by atoms with E-state index in [0.29, 0.717) is 28.7 Å². The lowest BCUT2D eigenvalue weighted by molar-refractivity contribution is 0.0711. The predicted octanol–water partition coefficient (Wildman–Crippen LogP) is 5.84. The van der Waals surface area contributed by atoms with E-state index in [1.165, 1.54) is 0 Å². The molecule has 0 N–H and O–H groups in total. The zero-order chi connectivity index (χ0) is 19.7. The number of aryl methyl sites for hydroxylation is 1. The molecule has 0 bridgehead atoms. The molecule has 1 aliphatic heterocycles. The van der Waals surface area contributed by atoms with Crippen molar-refractivity contribution in [2.24, 2.45) is 0 Å². The van der Waals surface area contributed by atoms with Gasteiger partial charge in [-0.15, -0.1) is 0 Å². The van der Waals surface area contributed by atoms with Gasteiger partial charge in [-0.3, -0.25) is 4.79 Å². The van der Waals surface area contributed by atoms with E-state index in [-0.39, 0.29) is 11.8 Å². The average Bonchev–Trinajstić information content (AvgIpc) is 3.24. The molecule has 144 valence electrons. The van der Waals surface area contributed by atoms with Gasteiger partial charge in [0.1, 0.15) is 5.82 Å². The van der Waals surface area contributed by atoms with Gasteiger partial charge in [0.25, 0.3) is 5.91 Å². The maximum atomic E-state index is 12.8. The van der Waals surface area contributed by atoms with E-state index in [9.17, 15) is 4.79 Å². The Bertz CT molecular complexity index is 999. The molecular weight excluding hydrogens is 413 g/mol. The molecule has 3 heterocycles. The summed E-state index contributed by atoms with van der Waals surface area (Å²) < 4.78 is 0. The first-order valence-electron chi connectivity index (χ1n) is 9.14. The van der Waals surface area contributed by atoms with E-state index in [4.69, 9.17) is 28.2 Å². The molecular formula is C21H19Cl2N3OS. The SMILES string of the molecule is Cc1cc(-c2ccsc2)nc(C2CCN(C(=O)c3ccc(Cl)c(Cl)c3)CC2)n1. The molecule has 0 aliphatic carbocycles. The first-order valence-corrected chi connectivity index (χ1v) is 10.8. The Morgan fingerprint density at radius 2 is 1.89 bits per heavy atom. The van der Waals surface area contributed by atoms with E-state index >= 15 is 0 Å². The lowest BCUT2D eigenvalue weighted by atomic mass is 9.95. The summed E-state index contributed by atoms with van der Waals surface area (Å²) in [6.45, 7) is 3.35. The molecule has 1 aromatic carbocycles. The molecule has 1 amide bonds. The third kappa shape index (κ3) is 4.07. The van der Waals surface area contributed by atoms with Crippen LogP contribution in [0.4, 0.5) is 0 Å². The fourth-order valence-corrected chi connectivity index (χ4v) is 4.43. The molecule has 0 unspecified atom stereocenters. The van der Waals surface area contributed by atoms with Gasteiger partial charge in [0.15, 0.2) is 0 Å². The van der Waals surface area contributed by atoms with Gasteiger partial charge in [-0.25, -0.2) is 9.97 Å². The Hall–Kier alpha value is -1.95. The van der Waals surface area contributed by atoms with E-state index in [0.717, 1.165) is 35.6 Å². The smallest absolute Gasteiger partial charge is 0.253 e. The van der Waals surface area contributed by atoms with Crippen molar-refractivity contribution in [2.45, 2.75) is 25.7 Å². The number of carbonyl (C=O) groups is 1. The minimum Gasteiger partial charge on any atom is -0.339 e. The highest BCUT2D eigenvalue weighted by Gasteiger charge is 2.27. The van der Waals surface area contributed by atoms with Crippen LogP contribution in [0.5, 0.6) is 0 Å². The standard InChI is InChI=1S/C21H19Cl2N3OS/c1-13-10-19(16-6-9-28-12-16)25-20(24-13)14-4-7-26(8-5-14)21(27)15-2-3-17(22)18(23)11-15/h2-3,6,9-12,14H,4-5,7-8H2,1H3. The van der Waals surface area contributed by atoms with Crippen molar-refractivity contribution in [1.82, 2.24) is 14.9 Å². The second kappa shape index (κ2) is 8.19. The Morgan fingerprint density at radius 1 is 1.11 bits per heavy atom. The van der Waals surface area contributed by atoms with Gasteiger partial charge >= 0.3 is 0 Å². The predicted molar refractivity (Wildman–Crippen MR) is 114 cm³/mol. The highest BCUT2D eigenvalue weighted by molar-refractivity contribution is 7.08. The van der Waals surface area contributed by atoms with Gasteiger partial charge in [0.05, 0.1) is 15.7 Å². The average molecular weight is 432 g/mol. The molecule has 28 heavy (non-hydrogen) atoms. The molecule has 0 atom stereocenters. The number of benzene rings is 1. The van der Waals surface area contributed by atoms with Crippen LogP contribution in [0, 0.1) is 6.92 Å². The summed E-state index contributed by atoms with van der Waals surface area (Å²) in [5, 5.41) is 5.01. The highest BCUT2D eigenvalue weighted by atomic mass is 35.5. The molecule has 1 aliphatic rings. The number of rotatable bonds is 3. The van der Waals surface area contributed by atoms with E-state index in [1.54, 1.807) is 29.5 Å². The van der Waals surface area contributed by atoms with Gasteiger partial charge in [-0.05, 0) is 55.5 Å². The summed E-state index contributed by atoms with van der Waals surface area (Å²) in [6.07, 6.45) is 1.69. The summed E-state index contributed by atoms with van der Waals surface area (Å²) in [5.41, 5.74) is 3.64. The Kier molecular flexibility index (Phi) is 5.67. The summed E-state index contributed by atoms with van der Waals surface area (Å²) in [6, 6.07) is 9.12. The van der Waals surface area contributed by atoms with Gasteiger partial charge in [-0.2, -0.15) is 11.3 Å². The number of thiophene rings is 1. The van der Waals surface area contributed by atoms with E-state index in [1.807, 2.05) is 17.9 Å². The second-order valence-electron chi connectivity index (χ2n) is 6.96. The number of hydrogen-bond acceptors (Lipinski definition) is 4. The normalized spacial score (nSPS) is 15.0. The van der Waals surface area contributed by atoms with E-state index in [2.05, 4.69) is 21.8 Å². The summed E-state index contributed by atoms with van der Waals surface area (Å²) in [4.78, 5) is 24.1. The van der Waals surface area contributed by atoms with Crippen molar-refractivity contribution < 1.29 is 4.79 Å². The van der Waals surface area contributed by atoms with Crippen LogP contribution < -0.4 is 0 Å². The number of nitrogens with zero attached hydrogens (tertiary/aromatic N) is 3. The number of amides is 1. The van der Waals surface area contributed by atoms with Crippen LogP contribution in [-0.2, 0) is 0 Å². The Balaban J connectivity index is 1.47. The first kappa shape index (κ1) is 19.4. The number of piperidine rings is 1. The molecule has 2 aromatic heterocycles. The van der Waals surface area contributed by atoms with Gasteiger partial charge in [0.2, 0.25) is 0 Å².